The van der Waals surface area contributed by atoms with Gasteiger partial charge in [0.25, 0.3) is 0 Å². The molecule has 1 aromatic rings. The molecule has 1 aliphatic rings. The highest BCUT2D eigenvalue weighted by Crippen LogP contribution is 2.47. The van der Waals surface area contributed by atoms with Crippen molar-refractivity contribution in [3.63, 3.8) is 0 Å². The number of hydrogen-bond donors (Lipinski definition) is 0. The molecule has 2 rings (SSSR count). The summed E-state index contributed by atoms with van der Waals surface area (Å²) in [4.78, 5) is 0. The molecule has 1 aliphatic carbocycles. The van der Waals surface area contributed by atoms with Crippen molar-refractivity contribution in [3.05, 3.63) is 22.5 Å². The molecule has 0 atom stereocenters. The average molecular weight is 246 g/mol. The molecule has 1 fully saturated rings. The Balaban J connectivity index is 0.000000686. The van der Waals surface area contributed by atoms with E-state index in [1.54, 1.807) is 6.92 Å². The second-order valence-electron chi connectivity index (χ2n) is 3.93. The van der Waals surface area contributed by atoms with Crippen LogP contribution in [-0.2, 0) is 6.18 Å². The van der Waals surface area contributed by atoms with Gasteiger partial charge in [-0.2, -0.15) is 23.4 Å². The van der Waals surface area contributed by atoms with Crippen LogP contribution in [0.4, 0.5) is 13.2 Å². The minimum absolute atomic E-state index is 0.0185. The first-order valence-electron chi connectivity index (χ1n) is 5.82. The summed E-state index contributed by atoms with van der Waals surface area (Å²) in [5, 5.41) is 7.31. The molecule has 2 nitrogen and oxygen atoms in total. The van der Waals surface area contributed by atoms with Crippen LogP contribution in [0.3, 0.4) is 0 Å². The van der Waals surface area contributed by atoms with E-state index in [0.29, 0.717) is 11.3 Å². The topological polar surface area (TPSA) is 25.8 Å². The molecule has 96 valence electrons. The fourth-order valence-corrected chi connectivity index (χ4v) is 1.86. The van der Waals surface area contributed by atoms with Crippen LogP contribution in [0.15, 0.2) is 0 Å². The van der Waals surface area contributed by atoms with Gasteiger partial charge in [0.05, 0.1) is 17.0 Å². The maximum Gasteiger partial charge on any atom is 0.418 e. The van der Waals surface area contributed by atoms with Crippen LogP contribution in [0.25, 0.3) is 0 Å². The van der Waals surface area contributed by atoms with E-state index in [0.717, 1.165) is 12.8 Å². The number of halogens is 3. The SMILES string of the molecule is CC.Cc1nnc(C)c(C(F)(F)F)c1C1CC1. The molecule has 17 heavy (non-hydrogen) atoms. The molecule has 0 saturated heterocycles. The van der Waals surface area contributed by atoms with Crippen LogP contribution in [0.5, 0.6) is 0 Å². The van der Waals surface area contributed by atoms with Gasteiger partial charge in [-0.25, -0.2) is 0 Å². The zero-order valence-electron chi connectivity index (χ0n) is 10.5. The Bertz CT molecular complexity index is 395. The normalized spacial score (nSPS) is 15.2. The Labute approximate surface area is 99.3 Å². The van der Waals surface area contributed by atoms with Crippen molar-refractivity contribution in [1.82, 2.24) is 10.2 Å². The van der Waals surface area contributed by atoms with Crippen molar-refractivity contribution in [2.45, 2.75) is 52.6 Å². The van der Waals surface area contributed by atoms with Crippen LogP contribution in [0.1, 0.15) is 55.1 Å². The summed E-state index contributed by atoms with van der Waals surface area (Å²) in [6.07, 6.45) is -2.66. The Morgan fingerprint density at radius 2 is 1.47 bits per heavy atom. The van der Waals surface area contributed by atoms with Crippen LogP contribution < -0.4 is 0 Å². The van der Waals surface area contributed by atoms with Gasteiger partial charge in [-0.05, 0) is 38.2 Å². The first-order chi connectivity index (χ1) is 7.91. The maximum atomic E-state index is 12.8. The monoisotopic (exact) mass is 246 g/mol. The van der Waals surface area contributed by atoms with Gasteiger partial charge in [0.2, 0.25) is 0 Å². The number of nitrogens with zero attached hydrogens (tertiary/aromatic N) is 2. The van der Waals surface area contributed by atoms with Gasteiger partial charge in [-0.15, -0.1) is 0 Å². The first-order valence-corrected chi connectivity index (χ1v) is 5.82. The molecule has 0 bridgehead atoms. The number of rotatable bonds is 1. The van der Waals surface area contributed by atoms with Crippen molar-refractivity contribution in [2.75, 3.05) is 0 Å². The van der Waals surface area contributed by atoms with E-state index in [9.17, 15) is 13.2 Å². The van der Waals surface area contributed by atoms with Gasteiger partial charge in [0, 0.05) is 0 Å². The lowest BCUT2D eigenvalue weighted by Crippen LogP contribution is -2.15. The van der Waals surface area contributed by atoms with Crippen molar-refractivity contribution in [3.8, 4) is 0 Å². The van der Waals surface area contributed by atoms with Crippen LogP contribution in [0.2, 0.25) is 0 Å². The number of aromatic nitrogens is 2. The third kappa shape index (κ3) is 2.96. The smallest absolute Gasteiger partial charge is 0.166 e. The lowest BCUT2D eigenvalue weighted by atomic mass is 10.0. The van der Waals surface area contributed by atoms with E-state index >= 15 is 0 Å². The molecule has 0 amide bonds. The zero-order chi connectivity index (χ0) is 13.2. The summed E-state index contributed by atoms with van der Waals surface area (Å²) >= 11 is 0. The highest BCUT2D eigenvalue weighted by Gasteiger charge is 2.41. The summed E-state index contributed by atoms with van der Waals surface area (Å²) in [6.45, 7) is 6.95. The van der Waals surface area contributed by atoms with E-state index in [4.69, 9.17) is 0 Å². The van der Waals surface area contributed by atoms with E-state index in [-0.39, 0.29) is 11.6 Å². The molecular weight excluding hydrogens is 229 g/mol. The molecular formula is C12H17F3N2. The molecule has 1 saturated carbocycles. The minimum atomic E-state index is -4.32. The predicted octanol–water partition coefficient (Wildman–Crippen LogP) is 4.02. The fourth-order valence-electron chi connectivity index (χ4n) is 1.86. The molecule has 0 spiro atoms. The Kier molecular flexibility index (Phi) is 4.11. The predicted molar refractivity (Wildman–Crippen MR) is 59.8 cm³/mol. The second kappa shape index (κ2) is 5.02. The van der Waals surface area contributed by atoms with Crippen molar-refractivity contribution < 1.29 is 13.2 Å². The Hall–Kier alpha value is -1.13. The van der Waals surface area contributed by atoms with E-state index in [1.165, 1.54) is 6.92 Å². The van der Waals surface area contributed by atoms with Gasteiger partial charge < -0.3 is 0 Å². The summed E-state index contributed by atoms with van der Waals surface area (Å²) in [5.41, 5.74) is 0.179. The third-order valence-electron chi connectivity index (χ3n) is 2.64. The third-order valence-corrected chi connectivity index (χ3v) is 2.64. The summed E-state index contributed by atoms with van der Waals surface area (Å²) in [6, 6.07) is 0. The lowest BCUT2D eigenvalue weighted by molar-refractivity contribution is -0.139. The van der Waals surface area contributed by atoms with Crippen LogP contribution in [0, 0.1) is 13.8 Å². The van der Waals surface area contributed by atoms with Gasteiger partial charge in [-0.3, -0.25) is 0 Å². The van der Waals surface area contributed by atoms with Crippen LogP contribution >= 0.6 is 0 Å². The Morgan fingerprint density at radius 3 is 1.88 bits per heavy atom. The summed E-state index contributed by atoms with van der Waals surface area (Å²) < 4.78 is 38.4. The van der Waals surface area contributed by atoms with Crippen molar-refractivity contribution in [2.24, 2.45) is 0 Å². The number of aryl methyl sites for hydroxylation is 2. The quantitative estimate of drug-likeness (QED) is 0.748. The molecule has 0 aliphatic heterocycles. The summed E-state index contributed by atoms with van der Waals surface area (Å²) in [5.74, 6) is 0.0378. The highest BCUT2D eigenvalue weighted by atomic mass is 19.4. The summed E-state index contributed by atoms with van der Waals surface area (Å²) in [7, 11) is 0. The second-order valence-corrected chi connectivity index (χ2v) is 3.93. The largest absolute Gasteiger partial charge is 0.418 e. The number of hydrogen-bond acceptors (Lipinski definition) is 2. The molecule has 0 aromatic carbocycles. The van der Waals surface area contributed by atoms with Gasteiger partial charge >= 0.3 is 6.18 Å². The van der Waals surface area contributed by atoms with Gasteiger partial charge in [0.1, 0.15) is 0 Å². The molecule has 0 radical (unpaired) electrons. The van der Waals surface area contributed by atoms with Gasteiger partial charge in [0.15, 0.2) is 0 Å². The van der Waals surface area contributed by atoms with Crippen molar-refractivity contribution >= 4 is 0 Å². The lowest BCUT2D eigenvalue weighted by Gasteiger charge is -2.15. The highest BCUT2D eigenvalue weighted by molar-refractivity contribution is 5.39. The molecule has 1 heterocycles. The number of alkyl halides is 3. The van der Waals surface area contributed by atoms with Crippen molar-refractivity contribution in [1.29, 1.82) is 0 Å². The standard InChI is InChI=1S/C10H11F3N2.C2H6/c1-5-8(7-3-4-7)9(10(11,12)13)6(2)15-14-5;1-2/h7H,3-4H2,1-2H3;1-2H3. The van der Waals surface area contributed by atoms with Gasteiger partial charge in [-0.1, -0.05) is 13.8 Å². The average Bonchev–Trinajstić information content (AvgIpc) is 3.06. The fraction of sp³-hybridized carbons (Fsp3) is 0.667. The van der Waals surface area contributed by atoms with Crippen LogP contribution in [-0.4, -0.2) is 10.2 Å². The molecule has 0 unspecified atom stereocenters. The molecule has 1 aromatic heterocycles. The zero-order valence-corrected chi connectivity index (χ0v) is 10.5. The first kappa shape index (κ1) is 13.9. The Morgan fingerprint density at radius 1 is 1.00 bits per heavy atom. The van der Waals surface area contributed by atoms with E-state index in [2.05, 4.69) is 10.2 Å². The minimum Gasteiger partial charge on any atom is -0.166 e. The maximum absolute atomic E-state index is 12.8. The van der Waals surface area contributed by atoms with E-state index < -0.39 is 11.7 Å². The molecule has 5 heteroatoms. The van der Waals surface area contributed by atoms with E-state index in [1.807, 2.05) is 13.8 Å². The molecule has 0 N–H and O–H groups in total.